The highest BCUT2D eigenvalue weighted by Gasteiger charge is 2.22. The summed E-state index contributed by atoms with van der Waals surface area (Å²) in [5.74, 6) is -0.0797. The molecule has 6 heteroatoms. The predicted molar refractivity (Wildman–Crippen MR) is 92.0 cm³/mol. The summed E-state index contributed by atoms with van der Waals surface area (Å²) < 4.78 is 7.00. The lowest BCUT2D eigenvalue weighted by molar-refractivity contribution is -0.133. The Labute approximate surface area is 141 Å². The number of benzene rings is 1. The van der Waals surface area contributed by atoms with E-state index in [1.165, 1.54) is 10.9 Å². The molecule has 3 rings (SSSR count). The first kappa shape index (κ1) is 16.6. The zero-order valence-corrected chi connectivity index (χ0v) is 14.2. The van der Waals surface area contributed by atoms with Crippen LogP contribution in [0.4, 0.5) is 0 Å². The van der Waals surface area contributed by atoms with Gasteiger partial charge in [0.1, 0.15) is 6.54 Å². The van der Waals surface area contributed by atoms with E-state index in [9.17, 15) is 9.59 Å². The van der Waals surface area contributed by atoms with Gasteiger partial charge in [-0.1, -0.05) is 12.1 Å². The second kappa shape index (κ2) is 7.13. The molecular weight excluding hydrogens is 306 g/mol. The molecule has 1 aromatic carbocycles. The Morgan fingerprint density at radius 2 is 2.29 bits per heavy atom. The van der Waals surface area contributed by atoms with Crippen LogP contribution < -0.4 is 5.56 Å². The van der Waals surface area contributed by atoms with Crippen LogP contribution in [0.5, 0.6) is 0 Å². The lowest BCUT2D eigenvalue weighted by Crippen LogP contribution is -2.40. The van der Waals surface area contributed by atoms with Gasteiger partial charge >= 0.3 is 0 Å². The number of rotatable bonds is 5. The number of amides is 1. The summed E-state index contributed by atoms with van der Waals surface area (Å²) in [5, 5.41) is 0.549. The molecule has 1 aliphatic rings. The number of carbonyl (C=O) groups excluding carboxylic acids is 1. The molecule has 0 spiro atoms. The van der Waals surface area contributed by atoms with E-state index in [4.69, 9.17) is 4.74 Å². The van der Waals surface area contributed by atoms with Gasteiger partial charge in [0.05, 0.1) is 23.3 Å². The average Bonchev–Trinajstić information content (AvgIpc) is 3.09. The first-order valence-corrected chi connectivity index (χ1v) is 8.44. The molecule has 1 amide bonds. The van der Waals surface area contributed by atoms with E-state index in [-0.39, 0.29) is 24.1 Å². The Morgan fingerprint density at radius 1 is 1.46 bits per heavy atom. The number of hydrogen-bond acceptors (Lipinski definition) is 4. The topological polar surface area (TPSA) is 64.4 Å². The average molecular weight is 329 g/mol. The standard InChI is InChI=1S/C18H23N3O3/c1-3-20(10-14-7-5-9-24-14)16(22)11-21-12-19-17-13(2)6-4-8-15(17)18(21)23/h4,6,8,12,14H,3,5,7,9-11H2,1-2H3. The number of likely N-dealkylation sites (N-methyl/N-ethyl adjacent to an activating group) is 1. The van der Waals surface area contributed by atoms with Crippen LogP contribution in [0.15, 0.2) is 29.3 Å². The van der Waals surface area contributed by atoms with Crippen LogP contribution in [0, 0.1) is 6.92 Å². The highest BCUT2D eigenvalue weighted by atomic mass is 16.5. The van der Waals surface area contributed by atoms with Gasteiger partial charge in [-0.3, -0.25) is 14.2 Å². The molecule has 0 aliphatic carbocycles. The number of para-hydroxylation sites is 1. The van der Waals surface area contributed by atoms with Gasteiger partial charge in [0.25, 0.3) is 5.56 Å². The van der Waals surface area contributed by atoms with Crippen LogP contribution in [-0.4, -0.2) is 46.2 Å². The van der Waals surface area contributed by atoms with Crippen molar-refractivity contribution in [3.63, 3.8) is 0 Å². The van der Waals surface area contributed by atoms with E-state index in [1.54, 1.807) is 11.0 Å². The fraction of sp³-hybridized carbons (Fsp3) is 0.500. The summed E-state index contributed by atoms with van der Waals surface area (Å²) in [4.78, 5) is 31.3. The number of aromatic nitrogens is 2. The zero-order chi connectivity index (χ0) is 17.1. The molecule has 0 N–H and O–H groups in total. The summed E-state index contributed by atoms with van der Waals surface area (Å²) in [6.07, 6.45) is 3.61. The van der Waals surface area contributed by atoms with Crippen LogP contribution >= 0.6 is 0 Å². The van der Waals surface area contributed by atoms with Crippen molar-refractivity contribution in [2.75, 3.05) is 19.7 Å². The lowest BCUT2D eigenvalue weighted by Gasteiger charge is -2.24. The molecule has 0 bridgehead atoms. The van der Waals surface area contributed by atoms with Gasteiger partial charge < -0.3 is 9.64 Å². The van der Waals surface area contributed by atoms with Crippen molar-refractivity contribution in [3.05, 3.63) is 40.4 Å². The highest BCUT2D eigenvalue weighted by Crippen LogP contribution is 2.14. The van der Waals surface area contributed by atoms with Crippen LogP contribution in [0.1, 0.15) is 25.3 Å². The molecule has 2 aromatic rings. The number of ether oxygens (including phenoxy) is 1. The molecule has 0 saturated carbocycles. The molecule has 1 aliphatic heterocycles. The molecule has 1 unspecified atom stereocenters. The van der Waals surface area contributed by atoms with Crippen molar-refractivity contribution in [2.24, 2.45) is 0 Å². The van der Waals surface area contributed by atoms with Crippen molar-refractivity contribution in [3.8, 4) is 0 Å². The molecule has 1 aromatic heterocycles. The van der Waals surface area contributed by atoms with Crippen molar-refractivity contribution in [2.45, 2.75) is 39.3 Å². The summed E-state index contributed by atoms with van der Waals surface area (Å²) in [6.45, 7) is 5.83. The Bertz CT molecular complexity index is 794. The first-order chi connectivity index (χ1) is 11.6. The third-order valence-corrected chi connectivity index (χ3v) is 4.54. The van der Waals surface area contributed by atoms with Gasteiger partial charge in [0.2, 0.25) is 5.91 Å². The van der Waals surface area contributed by atoms with E-state index < -0.39 is 0 Å². The maximum atomic E-state index is 12.6. The Morgan fingerprint density at radius 3 is 3.00 bits per heavy atom. The highest BCUT2D eigenvalue weighted by molar-refractivity contribution is 5.81. The van der Waals surface area contributed by atoms with E-state index >= 15 is 0 Å². The predicted octanol–water partition coefficient (Wildman–Crippen LogP) is 1.73. The van der Waals surface area contributed by atoms with Gasteiger partial charge in [-0.25, -0.2) is 4.98 Å². The molecule has 0 radical (unpaired) electrons. The molecule has 128 valence electrons. The van der Waals surface area contributed by atoms with E-state index in [0.29, 0.717) is 24.0 Å². The molecule has 1 saturated heterocycles. The monoisotopic (exact) mass is 329 g/mol. The van der Waals surface area contributed by atoms with Crippen LogP contribution in [0.2, 0.25) is 0 Å². The van der Waals surface area contributed by atoms with Gasteiger partial charge in [-0.05, 0) is 38.3 Å². The minimum absolute atomic E-state index is 0.0102. The minimum atomic E-state index is -0.176. The third kappa shape index (κ3) is 3.33. The Balaban J connectivity index is 1.79. The number of aryl methyl sites for hydroxylation is 1. The number of carbonyl (C=O) groups is 1. The zero-order valence-electron chi connectivity index (χ0n) is 14.2. The van der Waals surface area contributed by atoms with Gasteiger partial charge in [-0.15, -0.1) is 0 Å². The SMILES string of the molecule is CCN(CC1CCCO1)C(=O)Cn1cnc2c(C)cccc2c1=O. The van der Waals surface area contributed by atoms with Crippen LogP contribution in [0.3, 0.4) is 0 Å². The molecule has 6 nitrogen and oxygen atoms in total. The molecular formula is C18H23N3O3. The maximum Gasteiger partial charge on any atom is 0.261 e. The lowest BCUT2D eigenvalue weighted by atomic mass is 10.1. The van der Waals surface area contributed by atoms with E-state index in [0.717, 1.165) is 25.0 Å². The third-order valence-electron chi connectivity index (χ3n) is 4.54. The Hall–Kier alpha value is -2.21. The summed E-state index contributed by atoms with van der Waals surface area (Å²) in [6, 6.07) is 5.51. The summed E-state index contributed by atoms with van der Waals surface area (Å²) >= 11 is 0. The summed E-state index contributed by atoms with van der Waals surface area (Å²) in [7, 11) is 0. The fourth-order valence-corrected chi connectivity index (χ4v) is 3.14. The normalized spacial score (nSPS) is 17.3. The summed E-state index contributed by atoms with van der Waals surface area (Å²) in [5.41, 5.74) is 1.47. The van der Waals surface area contributed by atoms with Crippen LogP contribution in [0.25, 0.3) is 10.9 Å². The van der Waals surface area contributed by atoms with E-state index in [2.05, 4.69) is 4.98 Å². The number of fused-ring (bicyclic) bond motifs is 1. The first-order valence-electron chi connectivity index (χ1n) is 8.44. The van der Waals surface area contributed by atoms with Crippen LogP contribution in [-0.2, 0) is 16.1 Å². The van der Waals surface area contributed by atoms with Gasteiger partial charge in [-0.2, -0.15) is 0 Å². The molecule has 24 heavy (non-hydrogen) atoms. The van der Waals surface area contributed by atoms with Crippen molar-refractivity contribution in [1.29, 1.82) is 0 Å². The van der Waals surface area contributed by atoms with E-state index in [1.807, 2.05) is 26.0 Å². The van der Waals surface area contributed by atoms with Crippen molar-refractivity contribution in [1.82, 2.24) is 14.5 Å². The number of hydrogen-bond donors (Lipinski definition) is 0. The second-order valence-electron chi connectivity index (χ2n) is 6.22. The van der Waals surface area contributed by atoms with Crippen molar-refractivity contribution < 1.29 is 9.53 Å². The molecule has 2 heterocycles. The maximum absolute atomic E-state index is 12.6. The molecule has 1 atom stereocenters. The number of nitrogens with zero attached hydrogens (tertiary/aromatic N) is 3. The fourth-order valence-electron chi connectivity index (χ4n) is 3.14. The largest absolute Gasteiger partial charge is 0.376 e. The molecule has 1 fully saturated rings. The minimum Gasteiger partial charge on any atom is -0.376 e. The van der Waals surface area contributed by atoms with Crippen molar-refractivity contribution >= 4 is 16.8 Å². The Kier molecular flexibility index (Phi) is 4.94. The van der Waals surface area contributed by atoms with Gasteiger partial charge in [0.15, 0.2) is 0 Å². The van der Waals surface area contributed by atoms with Gasteiger partial charge in [0, 0.05) is 19.7 Å². The smallest absolute Gasteiger partial charge is 0.261 e. The second-order valence-corrected chi connectivity index (χ2v) is 6.22. The quantitative estimate of drug-likeness (QED) is 0.838.